The Labute approximate surface area is 238 Å². The lowest BCUT2D eigenvalue weighted by Crippen LogP contribution is -2.48. The Morgan fingerprint density at radius 1 is 0.976 bits per heavy atom. The summed E-state index contributed by atoms with van der Waals surface area (Å²) in [7, 11) is 0. The zero-order valence-electron chi connectivity index (χ0n) is 22.8. The maximum Gasteiger partial charge on any atom is 0.270 e. The first-order chi connectivity index (χ1) is 20.0. The lowest BCUT2D eigenvalue weighted by atomic mass is 10.1. The Hall–Kier alpha value is -5.19. The van der Waals surface area contributed by atoms with Crippen LogP contribution in [0.5, 0.6) is 0 Å². The zero-order valence-corrected chi connectivity index (χ0v) is 22.8. The number of H-pyrrole nitrogens is 1. The number of nitrogens with one attached hydrogen (secondary N) is 3. The molecule has 3 N–H and O–H groups in total. The molecule has 1 saturated heterocycles. The molecule has 2 aromatic carbocycles. The number of carbonyl (C=O) groups excluding carboxylic acids is 2. The highest BCUT2D eigenvalue weighted by molar-refractivity contribution is 6.00. The summed E-state index contributed by atoms with van der Waals surface area (Å²) in [5, 5.41) is 15.8. The van der Waals surface area contributed by atoms with Gasteiger partial charge in [-0.1, -0.05) is 48.2 Å². The van der Waals surface area contributed by atoms with Crippen molar-refractivity contribution in [3.05, 3.63) is 77.5 Å². The van der Waals surface area contributed by atoms with Crippen molar-refractivity contribution in [1.82, 2.24) is 30.1 Å². The molecule has 0 atom stereocenters. The Morgan fingerprint density at radius 2 is 1.76 bits per heavy atom. The second kappa shape index (κ2) is 12.8. The van der Waals surface area contributed by atoms with Crippen LogP contribution >= 0.6 is 0 Å². The molecule has 206 valence electrons. The highest BCUT2D eigenvalue weighted by atomic mass is 16.2. The predicted octanol–water partition coefficient (Wildman–Crippen LogP) is 2.85. The summed E-state index contributed by atoms with van der Waals surface area (Å²) in [6.07, 6.45) is 0. The van der Waals surface area contributed by atoms with Crippen molar-refractivity contribution in [3.8, 4) is 29.3 Å². The van der Waals surface area contributed by atoms with Crippen molar-refractivity contribution in [2.75, 3.05) is 51.1 Å². The van der Waals surface area contributed by atoms with E-state index in [0.717, 1.165) is 11.1 Å². The molecule has 0 unspecified atom stereocenters. The van der Waals surface area contributed by atoms with Crippen LogP contribution in [0.3, 0.4) is 0 Å². The van der Waals surface area contributed by atoms with Gasteiger partial charge in [0.25, 0.3) is 5.91 Å². The molecule has 0 spiro atoms. The van der Waals surface area contributed by atoms with Crippen LogP contribution in [0, 0.1) is 23.2 Å². The molecule has 0 saturated carbocycles. The summed E-state index contributed by atoms with van der Waals surface area (Å²) in [5.74, 6) is 7.24. The quantitative estimate of drug-likeness (QED) is 0.240. The lowest BCUT2D eigenvalue weighted by Gasteiger charge is -2.33. The smallest absolute Gasteiger partial charge is 0.270 e. The van der Waals surface area contributed by atoms with Gasteiger partial charge in [-0.25, -0.2) is 9.97 Å². The number of aromatic nitrogens is 3. The maximum absolute atomic E-state index is 13.4. The SMILES string of the molecule is CC(=O)NCCNc1nc(-c2ccccc2)nc2[nH]c(C(=O)N3CCN(CC#Cc4cccc(C#N)c4)CC3)cc12. The summed E-state index contributed by atoms with van der Waals surface area (Å²) in [6, 6.07) is 20.8. The number of carbonyl (C=O) groups is 2. The molecule has 1 fully saturated rings. The van der Waals surface area contributed by atoms with Crippen molar-refractivity contribution in [2.45, 2.75) is 6.92 Å². The minimum absolute atomic E-state index is 0.0903. The number of aromatic amines is 1. The van der Waals surface area contributed by atoms with E-state index in [0.29, 0.717) is 79.7 Å². The maximum atomic E-state index is 13.4. The molecule has 2 aromatic heterocycles. The van der Waals surface area contributed by atoms with E-state index >= 15 is 0 Å². The highest BCUT2D eigenvalue weighted by Crippen LogP contribution is 2.26. The summed E-state index contributed by atoms with van der Waals surface area (Å²) in [5.41, 5.74) is 3.29. The number of piperazine rings is 1. The Morgan fingerprint density at radius 3 is 2.51 bits per heavy atom. The van der Waals surface area contributed by atoms with Crippen LogP contribution in [-0.4, -0.2) is 82.4 Å². The number of hydrogen-bond donors (Lipinski definition) is 3. The Kier molecular flexibility index (Phi) is 8.53. The average molecular weight is 547 g/mol. The van der Waals surface area contributed by atoms with Gasteiger partial charge in [-0.2, -0.15) is 5.26 Å². The molecule has 0 bridgehead atoms. The number of benzene rings is 2. The normalized spacial score (nSPS) is 13.2. The van der Waals surface area contributed by atoms with E-state index in [1.165, 1.54) is 6.92 Å². The predicted molar refractivity (Wildman–Crippen MR) is 157 cm³/mol. The molecule has 2 amide bonds. The number of amides is 2. The van der Waals surface area contributed by atoms with Gasteiger partial charge in [0.05, 0.1) is 23.6 Å². The van der Waals surface area contributed by atoms with Gasteiger partial charge < -0.3 is 20.5 Å². The van der Waals surface area contributed by atoms with Gasteiger partial charge in [-0.15, -0.1) is 0 Å². The third-order valence-electron chi connectivity index (χ3n) is 6.73. The van der Waals surface area contributed by atoms with E-state index in [1.807, 2.05) is 47.4 Å². The Balaban J connectivity index is 1.27. The minimum Gasteiger partial charge on any atom is -0.368 e. The molecule has 10 nitrogen and oxygen atoms in total. The fraction of sp³-hybridized carbons (Fsp3) is 0.258. The topological polar surface area (TPSA) is 130 Å². The molecular weight excluding hydrogens is 516 g/mol. The van der Waals surface area contributed by atoms with Crippen LogP contribution in [0.25, 0.3) is 22.4 Å². The molecule has 4 aromatic rings. The summed E-state index contributed by atoms with van der Waals surface area (Å²) in [6.45, 7) is 5.59. The van der Waals surface area contributed by atoms with Crippen molar-refractivity contribution >= 4 is 28.7 Å². The third kappa shape index (κ3) is 6.88. The number of anilines is 1. The van der Waals surface area contributed by atoms with Gasteiger partial charge in [-0.05, 0) is 24.3 Å². The summed E-state index contributed by atoms with van der Waals surface area (Å²) < 4.78 is 0. The zero-order chi connectivity index (χ0) is 28.6. The highest BCUT2D eigenvalue weighted by Gasteiger charge is 2.24. The number of nitrogens with zero attached hydrogens (tertiary/aromatic N) is 5. The molecule has 1 aliphatic rings. The van der Waals surface area contributed by atoms with Gasteiger partial charge >= 0.3 is 0 Å². The number of fused-ring (bicyclic) bond motifs is 1. The van der Waals surface area contributed by atoms with Crippen molar-refractivity contribution in [1.29, 1.82) is 5.26 Å². The first kappa shape index (κ1) is 27.4. The van der Waals surface area contributed by atoms with Crippen LogP contribution < -0.4 is 10.6 Å². The first-order valence-corrected chi connectivity index (χ1v) is 13.5. The fourth-order valence-electron chi connectivity index (χ4n) is 4.59. The number of hydrogen-bond acceptors (Lipinski definition) is 7. The van der Waals surface area contributed by atoms with Gasteiger partial charge in [0.1, 0.15) is 17.2 Å². The van der Waals surface area contributed by atoms with E-state index in [-0.39, 0.29) is 11.8 Å². The summed E-state index contributed by atoms with van der Waals surface area (Å²) in [4.78, 5) is 41.4. The van der Waals surface area contributed by atoms with E-state index in [1.54, 1.807) is 18.2 Å². The molecule has 10 heteroatoms. The van der Waals surface area contributed by atoms with Crippen LogP contribution in [-0.2, 0) is 4.79 Å². The van der Waals surface area contributed by atoms with Gasteiger partial charge in [0, 0.05) is 57.3 Å². The molecule has 5 rings (SSSR count). The second-order valence-electron chi connectivity index (χ2n) is 9.68. The molecule has 41 heavy (non-hydrogen) atoms. The van der Waals surface area contributed by atoms with Gasteiger partial charge in [0.15, 0.2) is 5.82 Å². The number of nitriles is 1. The third-order valence-corrected chi connectivity index (χ3v) is 6.73. The van der Waals surface area contributed by atoms with Crippen LogP contribution in [0.15, 0.2) is 60.7 Å². The molecule has 0 radical (unpaired) electrons. The number of rotatable bonds is 7. The molecular formula is C31H30N8O2. The van der Waals surface area contributed by atoms with Crippen LogP contribution in [0.4, 0.5) is 5.82 Å². The van der Waals surface area contributed by atoms with Crippen molar-refractivity contribution in [2.24, 2.45) is 0 Å². The van der Waals surface area contributed by atoms with E-state index in [9.17, 15) is 9.59 Å². The molecule has 3 heterocycles. The first-order valence-electron chi connectivity index (χ1n) is 13.5. The van der Waals surface area contributed by atoms with Crippen LogP contribution in [0.2, 0.25) is 0 Å². The monoisotopic (exact) mass is 546 g/mol. The van der Waals surface area contributed by atoms with E-state index in [2.05, 4.69) is 38.4 Å². The second-order valence-corrected chi connectivity index (χ2v) is 9.68. The van der Waals surface area contributed by atoms with E-state index in [4.69, 9.17) is 15.2 Å². The largest absolute Gasteiger partial charge is 0.368 e. The summed E-state index contributed by atoms with van der Waals surface area (Å²) >= 11 is 0. The molecule has 0 aliphatic carbocycles. The Bertz CT molecular complexity index is 1650. The molecule has 1 aliphatic heterocycles. The standard InChI is InChI=1S/C31H30N8O2/c1-22(40)33-12-13-34-29-26-20-27(35-30(26)37-28(36-29)25-10-3-2-4-11-25)31(41)39-17-15-38(16-18-39)14-6-9-23-7-5-8-24(19-23)21-32/h2-5,7-8,10-11,19-20H,12-18H2,1H3,(H,33,40)(H2,34,35,36,37). The van der Waals surface area contributed by atoms with Gasteiger partial charge in [-0.3, -0.25) is 14.5 Å². The fourth-order valence-corrected chi connectivity index (χ4v) is 4.59. The lowest BCUT2D eigenvalue weighted by molar-refractivity contribution is -0.118. The van der Waals surface area contributed by atoms with E-state index < -0.39 is 0 Å². The average Bonchev–Trinajstić information content (AvgIpc) is 3.44. The minimum atomic E-state index is -0.100. The van der Waals surface area contributed by atoms with Crippen molar-refractivity contribution in [3.63, 3.8) is 0 Å². The van der Waals surface area contributed by atoms with Crippen molar-refractivity contribution < 1.29 is 9.59 Å². The van der Waals surface area contributed by atoms with Crippen LogP contribution in [0.1, 0.15) is 28.5 Å². The van der Waals surface area contributed by atoms with Gasteiger partial charge in [0.2, 0.25) is 5.91 Å².